The van der Waals surface area contributed by atoms with Crippen molar-refractivity contribution in [1.82, 2.24) is 50.6 Å². The summed E-state index contributed by atoms with van der Waals surface area (Å²) in [6.45, 7) is 15.0. The van der Waals surface area contributed by atoms with E-state index in [4.69, 9.17) is 19.3 Å². The number of alkyl halides is 12. The number of H-pyrrole nitrogens is 1. The third-order valence-corrected chi connectivity index (χ3v) is 13.7. The van der Waals surface area contributed by atoms with Gasteiger partial charge in [-0.3, -0.25) is 0 Å². The van der Waals surface area contributed by atoms with E-state index < -0.39 is 65.2 Å². The van der Waals surface area contributed by atoms with Gasteiger partial charge in [0.05, 0.1) is 60.8 Å². The first-order chi connectivity index (χ1) is 38.8. The molecule has 2 amide bonds. The molecule has 0 spiro atoms. The summed E-state index contributed by atoms with van der Waals surface area (Å²) in [7, 11) is 3.04. The van der Waals surface area contributed by atoms with Crippen LogP contribution in [0.5, 0.6) is 0 Å². The normalized spacial score (nSPS) is 19.7. The van der Waals surface area contributed by atoms with Crippen molar-refractivity contribution in [2.45, 2.75) is 200 Å². The van der Waals surface area contributed by atoms with Crippen LogP contribution in [0.2, 0.25) is 0 Å². The van der Waals surface area contributed by atoms with E-state index in [-0.39, 0.29) is 110 Å². The zero-order valence-electron chi connectivity index (χ0n) is 47.8. The molecule has 83 heavy (non-hydrogen) atoms. The number of aromatic amines is 1. The van der Waals surface area contributed by atoms with E-state index in [2.05, 4.69) is 40.8 Å². The highest BCUT2D eigenvalue weighted by molar-refractivity contribution is 5.69. The van der Waals surface area contributed by atoms with Gasteiger partial charge >= 0.3 is 36.9 Å². The molecule has 2 N–H and O–H groups in total. The van der Waals surface area contributed by atoms with Crippen LogP contribution in [0.1, 0.15) is 140 Å². The van der Waals surface area contributed by atoms with Crippen molar-refractivity contribution in [3.05, 3.63) is 69.8 Å². The molecule has 4 aromatic rings. The molecular formula is C52H74F12N12O7. The number of methoxy groups -OCH3 is 2. The van der Waals surface area contributed by atoms with Crippen molar-refractivity contribution in [1.29, 1.82) is 0 Å². The lowest BCUT2D eigenvalue weighted by Gasteiger charge is -2.47. The average Bonchev–Trinajstić information content (AvgIpc) is 4.25. The maximum absolute atomic E-state index is 13.6. The smallest absolute Gasteiger partial charge is 0.416 e. The van der Waals surface area contributed by atoms with Crippen LogP contribution < -0.4 is 9.80 Å². The fourth-order valence-electron chi connectivity index (χ4n) is 9.91. The molecule has 2 saturated heterocycles. The highest BCUT2D eigenvalue weighted by atomic mass is 19.4. The molecule has 2 aromatic heterocycles. The van der Waals surface area contributed by atoms with Gasteiger partial charge in [0.15, 0.2) is 0 Å². The van der Waals surface area contributed by atoms with E-state index in [1.807, 2.05) is 27.7 Å². The maximum Gasteiger partial charge on any atom is 0.416 e. The van der Waals surface area contributed by atoms with E-state index in [0.29, 0.717) is 82.2 Å². The summed E-state index contributed by atoms with van der Waals surface area (Å²) in [4.78, 5) is 33.6. The third kappa shape index (κ3) is 19.9. The summed E-state index contributed by atoms with van der Waals surface area (Å²) in [5.74, 6) is 0.0962. The van der Waals surface area contributed by atoms with E-state index in [0.717, 1.165) is 0 Å². The van der Waals surface area contributed by atoms with Gasteiger partial charge in [0.25, 0.3) is 11.9 Å². The highest BCUT2D eigenvalue weighted by Crippen LogP contribution is 2.41. The van der Waals surface area contributed by atoms with Gasteiger partial charge in [0.1, 0.15) is 0 Å². The summed E-state index contributed by atoms with van der Waals surface area (Å²) in [6, 6.07) is 1.10. The number of aromatic nitrogens is 8. The van der Waals surface area contributed by atoms with Crippen LogP contribution in [0.4, 0.5) is 74.2 Å². The van der Waals surface area contributed by atoms with Crippen LogP contribution in [-0.4, -0.2) is 150 Å². The predicted molar refractivity (Wildman–Crippen MR) is 277 cm³/mol. The average molecular weight is 1210 g/mol. The Balaban J connectivity index is 0.000000331. The molecule has 19 nitrogen and oxygen atoms in total. The second-order valence-electron chi connectivity index (χ2n) is 20.4. The van der Waals surface area contributed by atoms with Crippen LogP contribution in [0.15, 0.2) is 36.4 Å². The van der Waals surface area contributed by atoms with Crippen LogP contribution in [0.25, 0.3) is 0 Å². The van der Waals surface area contributed by atoms with Gasteiger partial charge in [-0.05, 0) is 137 Å². The number of rotatable bonds is 19. The van der Waals surface area contributed by atoms with Gasteiger partial charge in [-0.25, -0.2) is 9.59 Å². The molecule has 0 bridgehead atoms. The van der Waals surface area contributed by atoms with E-state index >= 15 is 0 Å². The molecule has 6 atom stereocenters. The number of carbonyl (C=O) groups is 2. The number of nitrogens with zero attached hydrogens (tertiary/aromatic N) is 11. The zero-order valence-corrected chi connectivity index (χ0v) is 47.8. The molecule has 0 saturated carbocycles. The first-order valence-electron chi connectivity index (χ1n) is 27.0. The summed E-state index contributed by atoms with van der Waals surface area (Å²) in [5.41, 5.74) is -5.99. The number of aliphatic hydroxyl groups excluding tert-OH is 1. The summed E-state index contributed by atoms with van der Waals surface area (Å²) < 4.78 is 183. The van der Waals surface area contributed by atoms with Gasteiger partial charge < -0.3 is 43.7 Å². The molecular weight excluding hydrogens is 1130 g/mol. The quantitative estimate of drug-likeness (QED) is 0.0839. The van der Waals surface area contributed by atoms with Gasteiger partial charge in [0.2, 0.25) is 0 Å². The molecule has 6 rings (SSSR count). The number of ether oxygens (including phenoxy) is 4. The first kappa shape index (κ1) is 69.3. The Labute approximate surface area is 473 Å². The standard InChI is InChI=1S/C26H36F6N6O3.C23H30F6N6O2.C3H8O2/c1-6-20-13-22(14-21(7-2)38(20)24(39)41-16(3)4)36(23-33-35-37(34-23)8-9-40-5)15-17-10-18(25(27,28)29)12-19(11-17)26(30,31)32;1-5-17-10-19(11-18(6-2)35(17)21(36)37-13(3)4)34(20-30-32-33-31-20)12-14-7-15(22(24,25)26)9-16(8-14)23(27,28)29;1-5-3-2-4/h10-12,16,20-22H,6-9,13-15H2,1-5H3;7-9,13,17-19H,5-6,10-12H2,1-4H3,(H,30,31,32,33);4H,2-3H2,1H3/t20-,21+,22?;17-,18+,19?;. The molecule has 4 heterocycles. The second kappa shape index (κ2) is 30.5. The highest BCUT2D eigenvalue weighted by Gasteiger charge is 2.44. The molecule has 0 aliphatic carbocycles. The number of aliphatic hydroxyl groups is 1. The molecule has 2 aliphatic heterocycles. The fourth-order valence-corrected chi connectivity index (χ4v) is 9.91. The minimum Gasteiger partial charge on any atom is -0.447 e. The number of hydrogen-bond acceptors (Lipinski definition) is 15. The zero-order chi connectivity index (χ0) is 62.2. The van der Waals surface area contributed by atoms with Crippen molar-refractivity contribution in [2.75, 3.05) is 43.8 Å². The lowest BCUT2D eigenvalue weighted by molar-refractivity contribution is -0.144. The Bertz CT molecular complexity index is 2510. The number of nitrogens with one attached hydrogen (secondary N) is 1. The molecule has 0 radical (unpaired) electrons. The molecule has 2 unspecified atom stereocenters. The molecule has 468 valence electrons. The van der Waals surface area contributed by atoms with Crippen molar-refractivity contribution < 1.29 is 86.3 Å². The monoisotopic (exact) mass is 1210 g/mol. The Morgan fingerprint density at radius 1 is 0.590 bits per heavy atom. The number of hydrogen-bond donors (Lipinski definition) is 2. The second-order valence-corrected chi connectivity index (χ2v) is 20.4. The number of tetrazole rings is 2. The topological polar surface area (TPSA) is 202 Å². The lowest BCUT2D eigenvalue weighted by atomic mass is 9.87. The molecule has 2 aromatic carbocycles. The van der Waals surface area contributed by atoms with Gasteiger partial charge in [-0.2, -0.15) is 62.7 Å². The van der Waals surface area contributed by atoms with Crippen LogP contribution in [0, 0.1) is 0 Å². The molecule has 2 fully saturated rings. The number of benzene rings is 2. The van der Waals surface area contributed by atoms with Crippen LogP contribution in [-0.2, 0) is 63.3 Å². The third-order valence-electron chi connectivity index (χ3n) is 13.7. The SMILES string of the molecule is CC[C@@H]1CC(N(Cc2cc(C(F)(F)F)cc(C(F)(F)F)c2)c2nn[nH]n2)C[C@H](CC)N1C(=O)OC(C)C.CC[C@@H]1CC(N(Cc2cc(C(F)(F)F)cc(C(F)(F)F)c2)c2nnn(CCOC)n2)C[C@H](CC)N1C(=O)OC(C)C.COCCO. The van der Waals surface area contributed by atoms with E-state index in [1.165, 1.54) is 11.9 Å². The largest absolute Gasteiger partial charge is 0.447 e. The minimum absolute atomic E-state index is 0.0406. The lowest BCUT2D eigenvalue weighted by Crippen LogP contribution is -2.57. The van der Waals surface area contributed by atoms with E-state index in [9.17, 15) is 62.3 Å². The first-order valence-corrected chi connectivity index (χ1v) is 27.0. The summed E-state index contributed by atoms with van der Waals surface area (Å²) >= 11 is 0. The van der Waals surface area contributed by atoms with Gasteiger partial charge in [-0.1, -0.05) is 37.9 Å². The van der Waals surface area contributed by atoms with Crippen molar-refractivity contribution in [2.24, 2.45) is 0 Å². The number of carbonyl (C=O) groups excluding carboxylic acids is 2. The molecule has 31 heteroatoms. The molecule has 2 aliphatic rings. The number of piperidine rings is 2. The van der Waals surface area contributed by atoms with E-state index in [1.54, 1.807) is 54.4 Å². The predicted octanol–water partition coefficient (Wildman–Crippen LogP) is 11.4. The Hall–Kier alpha value is -6.24. The fraction of sp³-hybridized carbons (Fsp3) is 0.692. The maximum atomic E-state index is 13.6. The summed E-state index contributed by atoms with van der Waals surface area (Å²) in [5, 5.41) is 34.1. The Morgan fingerprint density at radius 2 is 0.952 bits per heavy atom. The minimum atomic E-state index is -4.98. The number of anilines is 2. The van der Waals surface area contributed by atoms with Crippen LogP contribution in [0.3, 0.4) is 0 Å². The Morgan fingerprint density at radius 3 is 1.23 bits per heavy atom. The number of amides is 2. The Kier molecular flexibility index (Phi) is 25.5. The van der Waals surface area contributed by atoms with Crippen molar-refractivity contribution in [3.8, 4) is 0 Å². The number of halogens is 12. The van der Waals surface area contributed by atoms with Gasteiger partial charge in [-0.15, -0.1) is 10.2 Å². The van der Waals surface area contributed by atoms with Crippen molar-refractivity contribution in [3.63, 3.8) is 0 Å². The van der Waals surface area contributed by atoms with Gasteiger partial charge in [0, 0.05) is 63.6 Å². The van der Waals surface area contributed by atoms with Crippen molar-refractivity contribution >= 4 is 24.1 Å². The van der Waals surface area contributed by atoms with Crippen LogP contribution >= 0.6 is 0 Å². The summed E-state index contributed by atoms with van der Waals surface area (Å²) in [6.07, 6.45) is -17.7. The number of likely N-dealkylation sites (tertiary alicyclic amines) is 2.